The van der Waals surface area contributed by atoms with Crippen LogP contribution in [0.15, 0.2) is 75.8 Å². The summed E-state index contributed by atoms with van der Waals surface area (Å²) in [6.45, 7) is 4.68. The average molecular weight is 571 g/mol. The summed E-state index contributed by atoms with van der Waals surface area (Å²) in [6, 6.07) is 16.6. The molecule has 0 radical (unpaired) electrons. The second kappa shape index (κ2) is 11.4. The number of hydrogen-bond donors (Lipinski definition) is 0. The van der Waals surface area contributed by atoms with Gasteiger partial charge in [-0.05, 0) is 80.6 Å². The average Bonchev–Trinajstić information content (AvgIpc) is 3.22. The fourth-order valence-electron chi connectivity index (χ4n) is 3.33. The maximum atomic E-state index is 12.6. The Morgan fingerprint density at radius 3 is 2.39 bits per heavy atom. The lowest BCUT2D eigenvalue weighted by atomic mass is 10.1. The Morgan fingerprint density at radius 2 is 1.67 bits per heavy atom. The van der Waals surface area contributed by atoms with Crippen LogP contribution in [-0.2, 0) is 9.53 Å². The third-order valence-corrected chi connectivity index (χ3v) is 5.70. The molecule has 0 N–H and O–H groups in total. The number of benzene rings is 3. The molecule has 0 saturated carbocycles. The van der Waals surface area contributed by atoms with Crippen molar-refractivity contribution in [2.45, 2.75) is 13.8 Å². The Kier molecular flexibility index (Phi) is 8.07. The Morgan fingerprint density at radius 1 is 0.972 bits per heavy atom. The van der Waals surface area contributed by atoms with Crippen LogP contribution < -0.4 is 14.2 Å². The van der Waals surface area contributed by atoms with Gasteiger partial charge in [0.2, 0.25) is 5.90 Å². The van der Waals surface area contributed by atoms with Gasteiger partial charge in [0.05, 0.1) is 18.8 Å². The van der Waals surface area contributed by atoms with Gasteiger partial charge < -0.3 is 18.9 Å². The molecule has 9 heteroatoms. The van der Waals surface area contributed by atoms with E-state index in [1.807, 2.05) is 13.8 Å². The lowest BCUT2D eigenvalue weighted by molar-refractivity contribution is -0.129. The zero-order chi connectivity index (χ0) is 25.7. The first-order valence-electron chi connectivity index (χ1n) is 11.1. The molecule has 0 bridgehead atoms. The molecular formula is C27H21BrClNO6. The number of carbonyl (C=O) groups excluding carboxylic acids is 2. The molecule has 36 heavy (non-hydrogen) atoms. The standard InChI is InChI=1S/C27H21BrClNO6/c1-3-33-23-11-7-17(15-24(23)34-4-2)25-30-21(27(32)36-25)14-18-13-19(28)8-12-22(18)35-26(31)16-5-9-20(29)10-6-16/h5-15H,3-4H2,1-2H3/b21-14-. The summed E-state index contributed by atoms with van der Waals surface area (Å²) >= 11 is 9.30. The molecule has 3 aromatic carbocycles. The van der Waals surface area contributed by atoms with Gasteiger partial charge in [-0.2, -0.15) is 0 Å². The van der Waals surface area contributed by atoms with Crippen LogP contribution in [-0.4, -0.2) is 31.1 Å². The molecule has 1 aliphatic rings. The van der Waals surface area contributed by atoms with Crippen LogP contribution in [0.4, 0.5) is 0 Å². The maximum Gasteiger partial charge on any atom is 0.363 e. The maximum absolute atomic E-state index is 12.6. The van der Waals surface area contributed by atoms with E-state index in [1.165, 1.54) is 6.08 Å². The lowest BCUT2D eigenvalue weighted by Crippen LogP contribution is -2.09. The number of esters is 2. The van der Waals surface area contributed by atoms with Crippen LogP contribution >= 0.6 is 27.5 Å². The predicted octanol–water partition coefficient (Wildman–Crippen LogP) is 6.46. The van der Waals surface area contributed by atoms with E-state index in [1.54, 1.807) is 60.7 Å². The molecule has 0 amide bonds. The van der Waals surface area contributed by atoms with Gasteiger partial charge in [0.25, 0.3) is 0 Å². The molecular weight excluding hydrogens is 550 g/mol. The Hall–Kier alpha value is -3.62. The molecule has 0 saturated heterocycles. The highest BCUT2D eigenvalue weighted by atomic mass is 79.9. The molecule has 1 heterocycles. The summed E-state index contributed by atoms with van der Waals surface area (Å²) in [5.74, 6) is 0.296. The molecule has 0 fully saturated rings. The number of nitrogens with zero attached hydrogens (tertiary/aromatic N) is 1. The van der Waals surface area contributed by atoms with Crippen molar-refractivity contribution in [3.8, 4) is 17.2 Å². The van der Waals surface area contributed by atoms with Crippen LogP contribution in [0.5, 0.6) is 17.2 Å². The molecule has 0 spiro atoms. The van der Waals surface area contributed by atoms with Gasteiger partial charge in [-0.1, -0.05) is 27.5 Å². The molecule has 0 aromatic heterocycles. The molecule has 3 aromatic rings. The number of rotatable bonds is 8. The number of ether oxygens (including phenoxy) is 4. The van der Waals surface area contributed by atoms with Crippen molar-refractivity contribution in [1.29, 1.82) is 0 Å². The van der Waals surface area contributed by atoms with Crippen molar-refractivity contribution in [2.75, 3.05) is 13.2 Å². The smallest absolute Gasteiger partial charge is 0.363 e. The van der Waals surface area contributed by atoms with Crippen LogP contribution in [0.1, 0.15) is 35.3 Å². The number of carbonyl (C=O) groups is 2. The fraction of sp³-hybridized carbons (Fsp3) is 0.148. The van der Waals surface area contributed by atoms with Crippen molar-refractivity contribution < 1.29 is 28.5 Å². The van der Waals surface area contributed by atoms with E-state index in [0.29, 0.717) is 46.4 Å². The van der Waals surface area contributed by atoms with Crippen molar-refractivity contribution in [2.24, 2.45) is 4.99 Å². The summed E-state index contributed by atoms with van der Waals surface area (Å²) in [5, 5.41) is 0.509. The molecule has 0 unspecified atom stereocenters. The third kappa shape index (κ3) is 5.95. The third-order valence-electron chi connectivity index (χ3n) is 4.96. The second-order valence-corrected chi connectivity index (χ2v) is 8.79. The first-order valence-corrected chi connectivity index (χ1v) is 12.2. The Labute approximate surface area is 221 Å². The van der Waals surface area contributed by atoms with Crippen molar-refractivity contribution in [3.05, 3.63) is 92.5 Å². The minimum Gasteiger partial charge on any atom is -0.490 e. The molecule has 184 valence electrons. The minimum atomic E-state index is -0.633. The largest absolute Gasteiger partial charge is 0.490 e. The Balaban J connectivity index is 1.64. The van der Waals surface area contributed by atoms with E-state index < -0.39 is 11.9 Å². The van der Waals surface area contributed by atoms with E-state index in [0.717, 1.165) is 4.47 Å². The molecule has 7 nitrogen and oxygen atoms in total. The van der Waals surface area contributed by atoms with Gasteiger partial charge in [-0.3, -0.25) is 0 Å². The Bertz CT molecular complexity index is 1370. The van der Waals surface area contributed by atoms with Crippen LogP contribution in [0, 0.1) is 0 Å². The fourth-order valence-corrected chi connectivity index (χ4v) is 3.84. The van der Waals surface area contributed by atoms with Gasteiger partial charge in [0.1, 0.15) is 5.75 Å². The molecule has 4 rings (SSSR count). The van der Waals surface area contributed by atoms with Crippen LogP contribution in [0.2, 0.25) is 5.02 Å². The van der Waals surface area contributed by atoms with E-state index in [4.69, 9.17) is 30.5 Å². The van der Waals surface area contributed by atoms with Gasteiger partial charge in [-0.15, -0.1) is 0 Å². The summed E-state index contributed by atoms with van der Waals surface area (Å²) in [6.07, 6.45) is 1.50. The summed E-state index contributed by atoms with van der Waals surface area (Å²) < 4.78 is 23.0. The van der Waals surface area contributed by atoms with Crippen molar-refractivity contribution in [3.63, 3.8) is 0 Å². The number of aliphatic imine (C=N–C) groups is 1. The van der Waals surface area contributed by atoms with Gasteiger partial charge >= 0.3 is 11.9 Å². The highest BCUT2D eigenvalue weighted by Gasteiger charge is 2.26. The van der Waals surface area contributed by atoms with Gasteiger partial charge in [-0.25, -0.2) is 14.6 Å². The first kappa shape index (κ1) is 25.5. The van der Waals surface area contributed by atoms with Crippen molar-refractivity contribution >= 4 is 51.4 Å². The van der Waals surface area contributed by atoms with Crippen molar-refractivity contribution in [1.82, 2.24) is 0 Å². The SMILES string of the molecule is CCOc1ccc(C2=N/C(=C\c3cc(Br)ccc3OC(=O)c3ccc(Cl)cc3)C(=O)O2)cc1OCC. The number of halogens is 2. The van der Waals surface area contributed by atoms with E-state index in [2.05, 4.69) is 20.9 Å². The highest BCUT2D eigenvalue weighted by Crippen LogP contribution is 2.32. The number of hydrogen-bond acceptors (Lipinski definition) is 7. The van der Waals surface area contributed by atoms with Crippen LogP contribution in [0.3, 0.4) is 0 Å². The summed E-state index contributed by atoms with van der Waals surface area (Å²) in [7, 11) is 0. The summed E-state index contributed by atoms with van der Waals surface area (Å²) in [4.78, 5) is 29.6. The normalized spacial score (nSPS) is 13.8. The van der Waals surface area contributed by atoms with Gasteiger partial charge in [0, 0.05) is 20.6 Å². The van der Waals surface area contributed by atoms with E-state index in [9.17, 15) is 9.59 Å². The number of cyclic esters (lactones) is 1. The monoisotopic (exact) mass is 569 g/mol. The van der Waals surface area contributed by atoms with E-state index >= 15 is 0 Å². The van der Waals surface area contributed by atoms with Crippen LogP contribution in [0.25, 0.3) is 6.08 Å². The molecule has 1 aliphatic heterocycles. The quantitative estimate of drug-likeness (QED) is 0.176. The molecule has 0 atom stereocenters. The van der Waals surface area contributed by atoms with Gasteiger partial charge in [0.15, 0.2) is 17.2 Å². The first-order chi connectivity index (χ1) is 17.4. The lowest BCUT2D eigenvalue weighted by Gasteiger charge is -2.11. The second-order valence-electron chi connectivity index (χ2n) is 7.44. The minimum absolute atomic E-state index is 0.0544. The zero-order valence-corrected chi connectivity index (χ0v) is 21.8. The van der Waals surface area contributed by atoms with E-state index in [-0.39, 0.29) is 17.3 Å². The predicted molar refractivity (Wildman–Crippen MR) is 140 cm³/mol. The summed E-state index contributed by atoms with van der Waals surface area (Å²) in [5.41, 5.74) is 1.41. The highest BCUT2D eigenvalue weighted by molar-refractivity contribution is 9.10. The topological polar surface area (TPSA) is 83.4 Å². The zero-order valence-electron chi connectivity index (χ0n) is 19.4. The molecule has 0 aliphatic carbocycles.